The Bertz CT molecular complexity index is 3000. The number of para-hydroxylation sites is 2. The fourth-order valence-electron chi connectivity index (χ4n) is 12.1. The summed E-state index contributed by atoms with van der Waals surface area (Å²) in [4.78, 5) is 5.11. The van der Waals surface area contributed by atoms with E-state index in [9.17, 15) is 9.80 Å². The third-order valence-corrected chi connectivity index (χ3v) is 15.3. The van der Waals surface area contributed by atoms with Crippen LogP contribution in [0.2, 0.25) is 0 Å². The van der Waals surface area contributed by atoms with Gasteiger partial charge in [0.15, 0.2) is 0 Å². The molecule has 326 valence electrons. The van der Waals surface area contributed by atoms with Crippen LogP contribution in [0.4, 0.5) is 21.5 Å². The van der Waals surface area contributed by atoms with Crippen LogP contribution in [-0.2, 0) is 6.42 Å². The summed E-state index contributed by atoms with van der Waals surface area (Å²) >= 11 is 0. The van der Waals surface area contributed by atoms with Crippen molar-refractivity contribution in [2.75, 3.05) is 15.1 Å². The number of fused-ring (bicyclic) bond motifs is 8. The summed E-state index contributed by atoms with van der Waals surface area (Å²) in [6, 6.07) is 22.2. The highest BCUT2D eigenvalue weighted by Crippen LogP contribution is 2.52. The highest BCUT2D eigenvalue weighted by atomic mass is 19.1. The van der Waals surface area contributed by atoms with Crippen LogP contribution >= 0.6 is 0 Å². The molecule has 6 unspecified atom stereocenters. The molecule has 0 radical (unpaired) electrons. The van der Waals surface area contributed by atoms with E-state index in [0.29, 0.717) is 12.1 Å². The minimum atomic E-state index is -0.0503. The lowest BCUT2D eigenvalue weighted by Gasteiger charge is -2.37. The molecule has 3 aromatic carbocycles. The average molecular weight is 863 g/mol. The van der Waals surface area contributed by atoms with Gasteiger partial charge in [0.2, 0.25) is 0 Å². The second-order valence-corrected chi connectivity index (χ2v) is 19.0. The van der Waals surface area contributed by atoms with Gasteiger partial charge in [0.25, 0.3) is 0 Å². The predicted octanol–water partition coefficient (Wildman–Crippen LogP) is 14.2. The standard InChI is InChI=1S/C61H55FN4/c1-39(64-55-20-9-7-19-52(55)61(63)44-24-22-42(23-25-44)41-12-3-2-4-13-41)40-26-31-48(32-27-40)65-56-21-10-8-18-51(56)53-36-45(29-33-57(53)65)46-30-34-58-54(37-46)60-50-17-6-5-14-43(50)28-35-59(60)66(58)49-16-11-15-47(62)38-49/h2-3,5,7-12,14-16,18-22,24,26-31,33-37,48-49,53-54,57-58,63-64H,1,4,6,13,17,23,25,32,38H2. The molecule has 0 spiro atoms. The predicted molar refractivity (Wildman–Crippen MR) is 273 cm³/mol. The first kappa shape index (κ1) is 40.5. The summed E-state index contributed by atoms with van der Waals surface area (Å²) in [7, 11) is 0. The van der Waals surface area contributed by atoms with Crippen LogP contribution in [0.25, 0.3) is 6.08 Å². The first-order chi connectivity index (χ1) is 32.5. The first-order valence-corrected chi connectivity index (χ1v) is 24.1. The molecule has 6 atom stereocenters. The minimum absolute atomic E-state index is 0.0129. The van der Waals surface area contributed by atoms with Crippen LogP contribution < -0.4 is 15.1 Å². The van der Waals surface area contributed by atoms with Gasteiger partial charge in [-0.05, 0) is 125 Å². The third kappa shape index (κ3) is 7.08. The zero-order valence-corrected chi connectivity index (χ0v) is 37.3. The molecule has 0 amide bonds. The number of allylic oxidation sites excluding steroid dienone is 16. The highest BCUT2D eigenvalue weighted by Gasteiger charge is 2.44. The Morgan fingerprint density at radius 3 is 2.27 bits per heavy atom. The second kappa shape index (κ2) is 16.8. The van der Waals surface area contributed by atoms with Crippen molar-refractivity contribution in [3.8, 4) is 0 Å². The van der Waals surface area contributed by atoms with Gasteiger partial charge in [-0.2, -0.15) is 0 Å². The minimum Gasteiger partial charge on any atom is -0.357 e. The van der Waals surface area contributed by atoms with E-state index in [1.54, 1.807) is 6.08 Å². The molecule has 4 nitrogen and oxygen atoms in total. The molecule has 3 aromatic rings. The molecule has 0 aromatic heterocycles. The number of halogens is 1. The maximum atomic E-state index is 14.8. The molecule has 5 heteroatoms. The van der Waals surface area contributed by atoms with Crippen LogP contribution in [0.3, 0.4) is 0 Å². The lowest BCUT2D eigenvalue weighted by Crippen LogP contribution is -2.41. The Morgan fingerprint density at radius 2 is 1.47 bits per heavy atom. The van der Waals surface area contributed by atoms with Gasteiger partial charge >= 0.3 is 0 Å². The maximum Gasteiger partial charge on any atom is 0.102 e. The molecule has 2 N–H and O–H groups in total. The van der Waals surface area contributed by atoms with Gasteiger partial charge in [0, 0.05) is 46.6 Å². The monoisotopic (exact) mass is 862 g/mol. The van der Waals surface area contributed by atoms with Gasteiger partial charge in [0.1, 0.15) is 5.83 Å². The molecule has 0 fully saturated rings. The largest absolute Gasteiger partial charge is 0.357 e. The number of benzene rings is 3. The smallest absolute Gasteiger partial charge is 0.102 e. The molecular weight excluding hydrogens is 808 g/mol. The molecule has 0 bridgehead atoms. The summed E-state index contributed by atoms with van der Waals surface area (Å²) in [6.45, 7) is 4.50. The van der Waals surface area contributed by atoms with Gasteiger partial charge in [-0.3, -0.25) is 5.41 Å². The molecule has 2 aliphatic heterocycles. The fourth-order valence-corrected chi connectivity index (χ4v) is 12.1. The zero-order valence-electron chi connectivity index (χ0n) is 37.3. The Kier molecular flexibility index (Phi) is 10.3. The lowest BCUT2D eigenvalue weighted by atomic mass is 9.79. The van der Waals surface area contributed by atoms with Crippen molar-refractivity contribution in [2.45, 2.75) is 87.4 Å². The molecule has 12 rings (SSSR count). The van der Waals surface area contributed by atoms with Gasteiger partial charge in [-0.1, -0.05) is 158 Å². The highest BCUT2D eigenvalue weighted by molar-refractivity contribution is 6.14. The lowest BCUT2D eigenvalue weighted by molar-refractivity contribution is 0.525. The van der Waals surface area contributed by atoms with Crippen molar-refractivity contribution in [3.63, 3.8) is 0 Å². The zero-order chi connectivity index (χ0) is 44.3. The Labute approximate surface area is 388 Å². The fraction of sp³-hybridized carbons (Fsp3) is 0.230. The summed E-state index contributed by atoms with van der Waals surface area (Å²) in [5.41, 5.74) is 18.9. The van der Waals surface area contributed by atoms with E-state index in [-0.39, 0.29) is 41.8 Å². The van der Waals surface area contributed by atoms with Crippen LogP contribution in [0.1, 0.15) is 84.6 Å². The average Bonchev–Trinajstić information content (AvgIpc) is 3.89. The Morgan fingerprint density at radius 1 is 0.682 bits per heavy atom. The number of hydrogen-bond donors (Lipinski definition) is 2. The van der Waals surface area contributed by atoms with Gasteiger partial charge in [-0.15, -0.1) is 0 Å². The van der Waals surface area contributed by atoms with Gasteiger partial charge < -0.3 is 15.1 Å². The first-order valence-electron chi connectivity index (χ1n) is 24.1. The quantitative estimate of drug-likeness (QED) is 0.211. The number of nitrogens with zero attached hydrogens (tertiary/aromatic N) is 2. The second-order valence-electron chi connectivity index (χ2n) is 19.0. The van der Waals surface area contributed by atoms with Gasteiger partial charge in [0.05, 0.1) is 29.9 Å². The summed E-state index contributed by atoms with van der Waals surface area (Å²) in [5, 5.41) is 12.9. The van der Waals surface area contributed by atoms with Crippen LogP contribution in [-0.4, -0.2) is 29.9 Å². The third-order valence-electron chi connectivity index (χ3n) is 15.3. The van der Waals surface area contributed by atoms with Crippen molar-refractivity contribution in [2.24, 2.45) is 0 Å². The number of rotatable bonds is 9. The van der Waals surface area contributed by atoms with Crippen LogP contribution in [0, 0.1) is 5.41 Å². The van der Waals surface area contributed by atoms with Crippen molar-refractivity contribution in [1.82, 2.24) is 0 Å². The SMILES string of the molecule is C=C(Nc1ccccc1C(=N)C1=CC=C(C2=CC=CCC2)CC1)C1=CCC(N2c3ccccc3C3C=C(C4=CC5c6c(ccc7c6CCC=C7)N(C6C=CC=C(F)C6)C5C=C4)C=CC32)C=C1. The van der Waals surface area contributed by atoms with E-state index in [1.165, 1.54) is 55.9 Å². The maximum absolute atomic E-state index is 14.8. The van der Waals surface area contributed by atoms with Crippen LogP contribution in [0.5, 0.6) is 0 Å². The van der Waals surface area contributed by atoms with E-state index in [4.69, 9.17) is 0 Å². The molecule has 2 heterocycles. The number of anilines is 3. The molecule has 66 heavy (non-hydrogen) atoms. The molecule has 9 aliphatic rings. The molecule has 0 saturated carbocycles. The molecular formula is C61H55FN4. The topological polar surface area (TPSA) is 42.4 Å². The van der Waals surface area contributed by atoms with Crippen molar-refractivity contribution in [3.05, 3.63) is 249 Å². The van der Waals surface area contributed by atoms with E-state index < -0.39 is 0 Å². The van der Waals surface area contributed by atoms with Gasteiger partial charge in [-0.25, -0.2) is 4.39 Å². The Balaban J connectivity index is 0.766. The molecule has 7 aliphatic carbocycles. The van der Waals surface area contributed by atoms with E-state index in [1.807, 2.05) is 24.3 Å². The van der Waals surface area contributed by atoms with E-state index in [0.717, 1.165) is 73.0 Å². The normalized spacial score (nSPS) is 26.4. The van der Waals surface area contributed by atoms with E-state index in [2.05, 4.69) is 167 Å². The summed E-state index contributed by atoms with van der Waals surface area (Å²) in [5.74, 6) is 0.375. The summed E-state index contributed by atoms with van der Waals surface area (Å²) in [6.07, 6.45) is 50.1. The Hall–Kier alpha value is -6.98. The van der Waals surface area contributed by atoms with Crippen LogP contribution in [0.15, 0.2) is 222 Å². The van der Waals surface area contributed by atoms with Crippen molar-refractivity contribution in [1.29, 1.82) is 5.41 Å². The number of nitrogens with one attached hydrogen (secondary N) is 2. The van der Waals surface area contributed by atoms with Crippen molar-refractivity contribution >= 4 is 28.8 Å². The number of hydrogen-bond acceptors (Lipinski definition) is 4. The van der Waals surface area contributed by atoms with E-state index >= 15 is 0 Å². The van der Waals surface area contributed by atoms with Crippen molar-refractivity contribution < 1.29 is 4.39 Å². The summed E-state index contributed by atoms with van der Waals surface area (Å²) < 4.78 is 14.8. The molecule has 0 saturated heterocycles.